The number of carbonyl (C=O) groups excluding carboxylic acids is 4. The van der Waals surface area contributed by atoms with E-state index in [9.17, 15) is 24.4 Å². The summed E-state index contributed by atoms with van der Waals surface area (Å²) in [6.45, 7) is 7.57. The van der Waals surface area contributed by atoms with Gasteiger partial charge in [0.05, 0.1) is 11.5 Å². The Balaban J connectivity index is 1.38. The van der Waals surface area contributed by atoms with Gasteiger partial charge in [-0.2, -0.15) is 5.26 Å². The number of likely N-dealkylation sites (tertiary alicyclic amines) is 1. The molecule has 2 aliphatic heterocycles. The number of hydrogen-bond acceptors (Lipinski definition) is 5. The number of nitrogens with one attached hydrogen (secondary N) is 2. The minimum Gasteiger partial charge on any atom is -0.341 e. The van der Waals surface area contributed by atoms with E-state index in [1.54, 1.807) is 26.1 Å². The predicted octanol–water partition coefficient (Wildman–Crippen LogP) is 4.75. The van der Waals surface area contributed by atoms with Crippen molar-refractivity contribution in [3.05, 3.63) is 90.0 Å². The summed E-state index contributed by atoms with van der Waals surface area (Å²) < 4.78 is 0. The first-order valence-electron chi connectivity index (χ1n) is 15.2. The van der Waals surface area contributed by atoms with Gasteiger partial charge in [0.25, 0.3) is 5.91 Å². The van der Waals surface area contributed by atoms with Crippen LogP contribution in [0, 0.1) is 16.7 Å². The molecule has 2 aliphatic rings. The summed E-state index contributed by atoms with van der Waals surface area (Å²) in [6, 6.07) is 23.6. The van der Waals surface area contributed by atoms with Crippen molar-refractivity contribution < 1.29 is 19.2 Å². The van der Waals surface area contributed by atoms with Crippen LogP contribution in [0.1, 0.15) is 56.5 Å². The third-order valence-electron chi connectivity index (χ3n) is 8.80. The zero-order valence-electron chi connectivity index (χ0n) is 26.3. The lowest BCUT2D eigenvalue weighted by molar-refractivity contribution is -0.146. The van der Waals surface area contributed by atoms with E-state index in [-0.39, 0.29) is 24.3 Å². The van der Waals surface area contributed by atoms with Crippen molar-refractivity contribution in [3.63, 3.8) is 0 Å². The number of carbonyl (C=O) groups is 4. The van der Waals surface area contributed by atoms with Crippen LogP contribution in [-0.2, 0) is 19.8 Å². The van der Waals surface area contributed by atoms with Crippen LogP contribution in [0.5, 0.6) is 0 Å². The van der Waals surface area contributed by atoms with Crippen LogP contribution in [0.25, 0.3) is 11.1 Å². The van der Waals surface area contributed by atoms with Crippen LogP contribution >= 0.6 is 0 Å². The van der Waals surface area contributed by atoms with Gasteiger partial charge in [-0.25, -0.2) is 0 Å². The molecule has 3 aromatic carbocycles. The van der Waals surface area contributed by atoms with Crippen molar-refractivity contribution in [2.45, 2.75) is 64.1 Å². The molecule has 3 aromatic rings. The minimum absolute atomic E-state index is 0.0398. The topological polar surface area (TPSA) is 123 Å². The molecule has 0 saturated carbocycles. The molecule has 1 saturated heterocycles. The van der Waals surface area contributed by atoms with E-state index >= 15 is 0 Å². The van der Waals surface area contributed by atoms with Gasteiger partial charge < -0.3 is 20.4 Å². The van der Waals surface area contributed by atoms with Crippen molar-refractivity contribution in [1.29, 1.82) is 5.26 Å². The first-order chi connectivity index (χ1) is 21.4. The molecule has 4 amide bonds. The number of amides is 4. The molecule has 0 unspecified atom stereocenters. The quantitative estimate of drug-likeness (QED) is 0.403. The maximum absolute atomic E-state index is 14.3. The molecule has 0 bridgehead atoms. The molecule has 9 nitrogen and oxygen atoms in total. The van der Waals surface area contributed by atoms with Gasteiger partial charge in [-0.15, -0.1) is 0 Å². The van der Waals surface area contributed by atoms with Gasteiger partial charge in [-0.1, -0.05) is 87.5 Å². The average Bonchev–Trinajstić information content (AvgIpc) is 3.56. The first kappa shape index (κ1) is 31.5. The van der Waals surface area contributed by atoms with Crippen LogP contribution in [-0.4, -0.2) is 65.1 Å². The van der Waals surface area contributed by atoms with Crippen LogP contribution in [0.3, 0.4) is 0 Å². The minimum atomic E-state index is -1.03. The van der Waals surface area contributed by atoms with Crippen molar-refractivity contribution in [2.75, 3.05) is 18.9 Å². The number of nitrogens with zero attached hydrogens (tertiary/aromatic N) is 3. The van der Waals surface area contributed by atoms with Gasteiger partial charge in [0.2, 0.25) is 17.7 Å². The van der Waals surface area contributed by atoms with Crippen LogP contribution < -0.4 is 10.6 Å². The molecule has 4 atom stereocenters. The maximum atomic E-state index is 14.3. The van der Waals surface area contributed by atoms with Crippen LogP contribution in [0.15, 0.2) is 78.9 Å². The summed E-state index contributed by atoms with van der Waals surface area (Å²) >= 11 is 0. The van der Waals surface area contributed by atoms with Gasteiger partial charge >= 0.3 is 0 Å². The van der Waals surface area contributed by atoms with E-state index < -0.39 is 41.3 Å². The summed E-state index contributed by atoms with van der Waals surface area (Å²) in [5.74, 6) is -1.47. The molecule has 0 aliphatic carbocycles. The monoisotopic (exact) mass is 605 g/mol. The van der Waals surface area contributed by atoms with E-state index in [1.807, 2.05) is 87.5 Å². The Morgan fingerprint density at radius 3 is 2.38 bits per heavy atom. The lowest BCUT2D eigenvalue weighted by atomic mass is 9.80. The Bertz CT molecular complexity index is 1670. The second kappa shape index (κ2) is 12.2. The summed E-state index contributed by atoms with van der Waals surface area (Å²) in [4.78, 5) is 57.7. The third kappa shape index (κ3) is 6.05. The molecular formula is C36H39N5O4. The summed E-state index contributed by atoms with van der Waals surface area (Å²) in [5.41, 5.74) is 2.13. The molecule has 0 radical (unpaired) electrons. The molecule has 1 spiro atoms. The van der Waals surface area contributed by atoms with Gasteiger partial charge in [0.15, 0.2) is 0 Å². The number of hydrogen-bond donors (Lipinski definition) is 2. The van der Waals surface area contributed by atoms with Crippen LogP contribution in [0.2, 0.25) is 0 Å². The number of benzene rings is 3. The molecule has 2 heterocycles. The Kier molecular flexibility index (Phi) is 8.53. The van der Waals surface area contributed by atoms with Crippen molar-refractivity contribution in [2.24, 2.45) is 5.41 Å². The molecule has 0 aromatic heterocycles. The lowest BCUT2D eigenvalue weighted by Gasteiger charge is -2.36. The molecule has 5 rings (SSSR count). The SMILES string of the molecule is C[C@H](NC(=O)c1ccccc1-c1ccccc1)C(=O)N(C)[C@@H](CC(C)(C)C)C(=O)N1C[C@]2(C[C@H]1C#N)C(=O)Nc1ccccc12. The number of para-hydroxylation sites is 1. The lowest BCUT2D eigenvalue weighted by Crippen LogP contribution is -2.56. The second-order valence-corrected chi connectivity index (χ2v) is 13.2. The molecule has 2 N–H and O–H groups in total. The number of fused-ring (bicyclic) bond motifs is 2. The first-order valence-corrected chi connectivity index (χ1v) is 15.2. The summed E-state index contributed by atoms with van der Waals surface area (Å²) in [6.07, 6.45) is 0.487. The summed E-state index contributed by atoms with van der Waals surface area (Å²) in [7, 11) is 1.56. The molecule has 9 heteroatoms. The van der Waals surface area contributed by atoms with E-state index in [1.165, 1.54) is 9.80 Å². The maximum Gasteiger partial charge on any atom is 0.252 e. The number of likely N-dealkylation sites (N-methyl/N-ethyl adjacent to an activating group) is 1. The van der Waals surface area contributed by atoms with Crippen molar-refractivity contribution in [1.82, 2.24) is 15.1 Å². The fraction of sp³-hybridized carbons (Fsp3) is 0.361. The van der Waals surface area contributed by atoms with Crippen molar-refractivity contribution in [3.8, 4) is 17.2 Å². The highest BCUT2D eigenvalue weighted by Crippen LogP contribution is 2.46. The average molecular weight is 606 g/mol. The predicted molar refractivity (Wildman–Crippen MR) is 172 cm³/mol. The Morgan fingerprint density at radius 1 is 1.04 bits per heavy atom. The number of rotatable bonds is 7. The van der Waals surface area contributed by atoms with Crippen molar-refractivity contribution >= 4 is 29.3 Å². The van der Waals surface area contributed by atoms with Gasteiger partial charge in [0, 0.05) is 31.3 Å². The highest BCUT2D eigenvalue weighted by Gasteiger charge is 2.57. The normalized spacial score (nSPS) is 20.1. The van der Waals surface area contributed by atoms with E-state index in [4.69, 9.17) is 0 Å². The Labute approximate surface area is 264 Å². The highest BCUT2D eigenvalue weighted by atomic mass is 16.2. The largest absolute Gasteiger partial charge is 0.341 e. The number of anilines is 1. The Hall–Kier alpha value is -4.97. The third-order valence-corrected chi connectivity index (χ3v) is 8.80. The van der Waals surface area contributed by atoms with Gasteiger partial charge in [-0.3, -0.25) is 19.2 Å². The molecule has 45 heavy (non-hydrogen) atoms. The van der Waals surface area contributed by atoms with Gasteiger partial charge in [-0.05, 0) is 47.6 Å². The fourth-order valence-electron chi connectivity index (χ4n) is 6.49. The zero-order chi connectivity index (χ0) is 32.5. The van der Waals surface area contributed by atoms with E-state index in [0.717, 1.165) is 16.7 Å². The smallest absolute Gasteiger partial charge is 0.252 e. The molecular weight excluding hydrogens is 566 g/mol. The van der Waals surface area contributed by atoms with E-state index in [0.29, 0.717) is 17.7 Å². The molecule has 232 valence electrons. The number of nitriles is 1. The standard InChI is InChI=1S/C36H39N5O4/c1-23(38-31(42)27-16-10-9-15-26(27)24-13-7-6-8-14-24)32(43)40(5)30(20-35(2,3)4)33(44)41-22-36(19-25(41)21-37)28-17-11-12-18-29(28)39-34(36)45/h6-18,23,25,30H,19-20,22H2,1-5H3,(H,38,42)(H,39,45)/t23-,25-,30-,36-/m0/s1. The van der Waals surface area contributed by atoms with Gasteiger partial charge in [0.1, 0.15) is 18.1 Å². The zero-order valence-corrected chi connectivity index (χ0v) is 26.3. The second-order valence-electron chi connectivity index (χ2n) is 13.2. The summed E-state index contributed by atoms with van der Waals surface area (Å²) in [5, 5.41) is 15.9. The van der Waals surface area contributed by atoms with E-state index in [2.05, 4.69) is 16.7 Å². The Morgan fingerprint density at radius 2 is 1.69 bits per heavy atom. The fourth-order valence-corrected chi connectivity index (χ4v) is 6.49. The molecule has 1 fully saturated rings. The highest BCUT2D eigenvalue weighted by molar-refractivity contribution is 6.07. The van der Waals surface area contributed by atoms with Crippen LogP contribution in [0.4, 0.5) is 5.69 Å².